The molecule has 1 aromatic carbocycles. The second-order valence-corrected chi connectivity index (χ2v) is 9.80. The summed E-state index contributed by atoms with van der Waals surface area (Å²) in [5.74, 6) is 0.933. The summed E-state index contributed by atoms with van der Waals surface area (Å²) in [6.45, 7) is 16.0. The SMILES string of the molecule is CCC(C)N(Cc1c(-c2cccc(C)c2)noc1N1CCOCC1)C(=O)CC(C)(C)C. The summed E-state index contributed by atoms with van der Waals surface area (Å²) in [5.41, 5.74) is 3.92. The maximum Gasteiger partial charge on any atom is 0.233 e. The second-order valence-electron chi connectivity index (χ2n) is 9.80. The van der Waals surface area contributed by atoms with E-state index in [-0.39, 0.29) is 17.4 Å². The van der Waals surface area contributed by atoms with Gasteiger partial charge < -0.3 is 19.1 Å². The molecule has 1 aromatic heterocycles. The minimum Gasteiger partial charge on any atom is -0.378 e. The number of aryl methyl sites for hydroxylation is 1. The normalized spacial score (nSPS) is 15.7. The van der Waals surface area contributed by atoms with Gasteiger partial charge in [0.2, 0.25) is 11.8 Å². The van der Waals surface area contributed by atoms with Crippen LogP contribution in [-0.2, 0) is 16.1 Å². The van der Waals surface area contributed by atoms with Crippen LogP contribution in [0.15, 0.2) is 28.8 Å². The molecule has 1 aliphatic rings. The van der Waals surface area contributed by atoms with Crippen molar-refractivity contribution in [2.75, 3.05) is 31.2 Å². The molecule has 6 nitrogen and oxygen atoms in total. The van der Waals surface area contributed by atoms with Crippen LogP contribution in [0.3, 0.4) is 0 Å². The molecule has 170 valence electrons. The van der Waals surface area contributed by atoms with Crippen LogP contribution in [0, 0.1) is 12.3 Å². The number of benzene rings is 1. The van der Waals surface area contributed by atoms with Gasteiger partial charge in [-0.15, -0.1) is 0 Å². The molecule has 0 aliphatic carbocycles. The molecule has 0 N–H and O–H groups in total. The van der Waals surface area contributed by atoms with E-state index in [9.17, 15) is 4.79 Å². The molecule has 0 saturated carbocycles. The largest absolute Gasteiger partial charge is 0.378 e. The Bertz CT molecular complexity index is 878. The van der Waals surface area contributed by atoms with Crippen molar-refractivity contribution in [3.63, 3.8) is 0 Å². The number of ether oxygens (including phenoxy) is 1. The zero-order valence-electron chi connectivity index (χ0n) is 19.9. The minimum absolute atomic E-state index is 0.0656. The summed E-state index contributed by atoms with van der Waals surface area (Å²) in [4.78, 5) is 17.5. The van der Waals surface area contributed by atoms with Gasteiger partial charge in [-0.1, -0.05) is 56.6 Å². The zero-order chi connectivity index (χ0) is 22.6. The van der Waals surface area contributed by atoms with Crippen molar-refractivity contribution < 1.29 is 14.1 Å². The van der Waals surface area contributed by atoms with Crippen LogP contribution in [0.4, 0.5) is 5.88 Å². The van der Waals surface area contributed by atoms with Gasteiger partial charge in [0.15, 0.2) is 0 Å². The van der Waals surface area contributed by atoms with Crippen LogP contribution in [0.1, 0.15) is 58.6 Å². The van der Waals surface area contributed by atoms with Gasteiger partial charge in [0.25, 0.3) is 0 Å². The molecule has 6 heteroatoms. The maximum absolute atomic E-state index is 13.3. The highest BCUT2D eigenvalue weighted by Gasteiger charge is 2.30. The fourth-order valence-electron chi connectivity index (χ4n) is 3.91. The zero-order valence-corrected chi connectivity index (χ0v) is 19.9. The number of amides is 1. The molecule has 3 rings (SSSR count). The molecule has 1 atom stereocenters. The number of anilines is 1. The number of hydrogen-bond donors (Lipinski definition) is 0. The molecule has 1 saturated heterocycles. The van der Waals surface area contributed by atoms with E-state index < -0.39 is 0 Å². The lowest BCUT2D eigenvalue weighted by Gasteiger charge is -2.32. The Labute approximate surface area is 186 Å². The van der Waals surface area contributed by atoms with Crippen LogP contribution in [0.2, 0.25) is 0 Å². The third-order valence-electron chi connectivity index (χ3n) is 5.81. The van der Waals surface area contributed by atoms with Crippen molar-refractivity contribution in [2.24, 2.45) is 5.41 Å². The highest BCUT2D eigenvalue weighted by molar-refractivity contribution is 5.78. The summed E-state index contributed by atoms with van der Waals surface area (Å²) >= 11 is 0. The van der Waals surface area contributed by atoms with E-state index in [0.717, 1.165) is 42.2 Å². The van der Waals surface area contributed by atoms with Crippen molar-refractivity contribution in [1.82, 2.24) is 10.1 Å². The average Bonchev–Trinajstić information content (AvgIpc) is 3.14. The topological polar surface area (TPSA) is 58.8 Å². The van der Waals surface area contributed by atoms with Gasteiger partial charge in [-0.3, -0.25) is 4.79 Å². The molecule has 31 heavy (non-hydrogen) atoms. The van der Waals surface area contributed by atoms with E-state index in [1.807, 2.05) is 11.0 Å². The lowest BCUT2D eigenvalue weighted by atomic mass is 9.91. The van der Waals surface area contributed by atoms with E-state index in [4.69, 9.17) is 9.26 Å². The molecule has 0 bridgehead atoms. The third kappa shape index (κ3) is 5.88. The molecule has 1 fully saturated rings. The number of hydrogen-bond acceptors (Lipinski definition) is 5. The van der Waals surface area contributed by atoms with Crippen molar-refractivity contribution in [3.05, 3.63) is 35.4 Å². The van der Waals surface area contributed by atoms with E-state index in [0.29, 0.717) is 26.2 Å². The van der Waals surface area contributed by atoms with Gasteiger partial charge >= 0.3 is 0 Å². The number of aromatic nitrogens is 1. The van der Waals surface area contributed by atoms with Crippen LogP contribution < -0.4 is 4.90 Å². The van der Waals surface area contributed by atoms with Crippen molar-refractivity contribution in [2.45, 2.75) is 67.0 Å². The number of nitrogens with zero attached hydrogens (tertiary/aromatic N) is 3. The predicted octanol–water partition coefficient (Wildman–Crippen LogP) is 5.05. The van der Waals surface area contributed by atoms with E-state index in [2.05, 4.69) is 69.8 Å². The van der Waals surface area contributed by atoms with Crippen molar-refractivity contribution >= 4 is 11.8 Å². The van der Waals surface area contributed by atoms with Gasteiger partial charge in [-0.2, -0.15) is 0 Å². The van der Waals surface area contributed by atoms with E-state index >= 15 is 0 Å². The average molecular weight is 428 g/mol. The first-order valence-electron chi connectivity index (χ1n) is 11.4. The molecular formula is C25H37N3O3. The van der Waals surface area contributed by atoms with Crippen LogP contribution >= 0.6 is 0 Å². The quantitative estimate of drug-likeness (QED) is 0.619. The molecule has 1 aliphatic heterocycles. The minimum atomic E-state index is -0.0656. The molecule has 2 heterocycles. The van der Waals surface area contributed by atoms with Crippen molar-refractivity contribution in [3.8, 4) is 11.3 Å². The van der Waals surface area contributed by atoms with Crippen molar-refractivity contribution in [1.29, 1.82) is 0 Å². The van der Waals surface area contributed by atoms with Gasteiger partial charge in [0.05, 0.1) is 25.3 Å². The summed E-state index contributed by atoms with van der Waals surface area (Å²) in [5, 5.41) is 4.48. The first kappa shape index (κ1) is 23.3. The predicted molar refractivity (Wildman–Crippen MR) is 124 cm³/mol. The molecule has 2 aromatic rings. The van der Waals surface area contributed by atoms with E-state index in [1.54, 1.807) is 0 Å². The summed E-state index contributed by atoms with van der Waals surface area (Å²) in [6.07, 6.45) is 1.41. The molecule has 1 unspecified atom stereocenters. The van der Waals surface area contributed by atoms with Crippen LogP contribution in [0.25, 0.3) is 11.3 Å². The van der Waals surface area contributed by atoms with Gasteiger partial charge in [0, 0.05) is 31.1 Å². The summed E-state index contributed by atoms with van der Waals surface area (Å²) in [7, 11) is 0. The van der Waals surface area contributed by atoms with Crippen LogP contribution in [0.5, 0.6) is 0 Å². The summed E-state index contributed by atoms with van der Waals surface area (Å²) in [6, 6.07) is 8.42. The number of rotatable bonds is 7. The Balaban J connectivity index is 2.02. The highest BCUT2D eigenvalue weighted by atomic mass is 16.5. The Hall–Kier alpha value is -2.34. The maximum atomic E-state index is 13.3. The molecule has 0 radical (unpaired) electrons. The molecule has 1 amide bonds. The fraction of sp³-hybridized carbons (Fsp3) is 0.600. The first-order chi connectivity index (χ1) is 14.7. The lowest BCUT2D eigenvalue weighted by Crippen LogP contribution is -2.40. The number of carbonyl (C=O) groups excluding carboxylic acids is 1. The molecular weight excluding hydrogens is 390 g/mol. The smallest absolute Gasteiger partial charge is 0.233 e. The number of morpholine rings is 1. The Morgan fingerprint density at radius 3 is 2.58 bits per heavy atom. The number of carbonyl (C=O) groups is 1. The van der Waals surface area contributed by atoms with Gasteiger partial charge in [-0.05, 0) is 31.7 Å². The van der Waals surface area contributed by atoms with Crippen LogP contribution in [-0.4, -0.2) is 48.3 Å². The monoisotopic (exact) mass is 427 g/mol. The fourth-order valence-corrected chi connectivity index (χ4v) is 3.91. The Kier molecular flexibility index (Phi) is 7.42. The highest BCUT2D eigenvalue weighted by Crippen LogP contribution is 2.34. The summed E-state index contributed by atoms with van der Waals surface area (Å²) < 4.78 is 11.4. The Morgan fingerprint density at radius 2 is 1.97 bits per heavy atom. The van der Waals surface area contributed by atoms with Gasteiger partial charge in [-0.25, -0.2) is 0 Å². The second kappa shape index (κ2) is 9.86. The lowest BCUT2D eigenvalue weighted by molar-refractivity contribution is -0.135. The first-order valence-corrected chi connectivity index (χ1v) is 11.4. The van der Waals surface area contributed by atoms with Gasteiger partial charge in [0.1, 0.15) is 5.69 Å². The molecule has 0 spiro atoms. The van der Waals surface area contributed by atoms with E-state index in [1.165, 1.54) is 5.56 Å². The Morgan fingerprint density at radius 1 is 1.26 bits per heavy atom. The standard InChI is InChI=1S/C25H37N3O3/c1-7-19(3)28(22(29)16-25(4,5)6)17-21-23(20-10-8-9-18(2)15-20)26-31-24(21)27-11-13-30-14-12-27/h8-10,15,19H,7,11-14,16-17H2,1-6H3. The third-order valence-corrected chi connectivity index (χ3v) is 5.81.